The number of halogens is 1. The molecule has 0 aromatic heterocycles. The third-order valence-electron chi connectivity index (χ3n) is 2.39. The zero-order valence-electron chi connectivity index (χ0n) is 9.71. The molecule has 0 aliphatic rings. The highest BCUT2D eigenvalue weighted by molar-refractivity contribution is 7.99. The molecule has 4 nitrogen and oxygen atoms in total. The highest BCUT2D eigenvalue weighted by Crippen LogP contribution is 2.37. The first-order chi connectivity index (χ1) is 8.89. The predicted octanol–water partition coefficient (Wildman–Crippen LogP) is 2.72. The molecule has 4 N–H and O–H groups in total. The van der Waals surface area contributed by atoms with Gasteiger partial charge in [0.1, 0.15) is 4.90 Å². The van der Waals surface area contributed by atoms with Gasteiger partial charge in [0, 0.05) is 9.79 Å². The van der Waals surface area contributed by atoms with E-state index in [9.17, 15) is 8.42 Å². The van der Waals surface area contributed by atoms with Gasteiger partial charge in [-0.15, -0.1) is 0 Å². The quantitative estimate of drug-likeness (QED) is 0.853. The SMILES string of the molecule is Nc1c(Sc2ccccc2Cl)cccc1S(N)(=O)=O. The number of sulfonamides is 1. The Labute approximate surface area is 120 Å². The fraction of sp³-hybridized carbons (Fsp3) is 0. The van der Waals surface area contributed by atoms with Gasteiger partial charge in [-0.05, 0) is 24.3 Å². The highest BCUT2D eigenvalue weighted by Gasteiger charge is 2.15. The number of hydrogen-bond acceptors (Lipinski definition) is 4. The minimum absolute atomic E-state index is 0.0791. The second-order valence-electron chi connectivity index (χ2n) is 3.75. The van der Waals surface area contributed by atoms with Crippen molar-refractivity contribution in [1.82, 2.24) is 0 Å². The van der Waals surface area contributed by atoms with Gasteiger partial charge >= 0.3 is 0 Å². The normalized spacial score (nSPS) is 11.5. The Morgan fingerprint density at radius 3 is 2.26 bits per heavy atom. The van der Waals surface area contributed by atoms with Crippen LogP contribution in [0.3, 0.4) is 0 Å². The number of anilines is 1. The maximum absolute atomic E-state index is 11.4. The topological polar surface area (TPSA) is 86.2 Å². The van der Waals surface area contributed by atoms with Gasteiger partial charge in [0.15, 0.2) is 0 Å². The van der Waals surface area contributed by atoms with E-state index in [0.29, 0.717) is 9.92 Å². The molecule has 0 bridgehead atoms. The molecule has 0 fully saturated rings. The molecule has 0 amide bonds. The molecule has 100 valence electrons. The summed E-state index contributed by atoms with van der Waals surface area (Å²) < 4.78 is 22.8. The van der Waals surface area contributed by atoms with Gasteiger partial charge in [0.05, 0.1) is 10.7 Å². The molecule has 0 heterocycles. The molecule has 0 atom stereocenters. The van der Waals surface area contributed by atoms with E-state index in [1.54, 1.807) is 18.2 Å². The molecule has 0 radical (unpaired) electrons. The number of nitrogen functional groups attached to an aromatic ring is 1. The van der Waals surface area contributed by atoms with E-state index in [4.69, 9.17) is 22.5 Å². The van der Waals surface area contributed by atoms with Crippen LogP contribution in [-0.2, 0) is 10.0 Å². The van der Waals surface area contributed by atoms with Crippen LogP contribution in [0.25, 0.3) is 0 Å². The molecule has 7 heteroatoms. The van der Waals surface area contributed by atoms with Crippen molar-refractivity contribution in [3.8, 4) is 0 Å². The lowest BCUT2D eigenvalue weighted by atomic mass is 10.3. The summed E-state index contributed by atoms with van der Waals surface area (Å²) in [5.74, 6) is 0. The van der Waals surface area contributed by atoms with Crippen LogP contribution in [0.2, 0.25) is 5.02 Å². The Bertz CT molecular complexity index is 717. The van der Waals surface area contributed by atoms with Crippen LogP contribution in [-0.4, -0.2) is 8.42 Å². The van der Waals surface area contributed by atoms with E-state index >= 15 is 0 Å². The van der Waals surface area contributed by atoms with E-state index in [-0.39, 0.29) is 10.6 Å². The summed E-state index contributed by atoms with van der Waals surface area (Å²) in [6.07, 6.45) is 0. The molecule has 0 saturated heterocycles. The highest BCUT2D eigenvalue weighted by atomic mass is 35.5. The van der Waals surface area contributed by atoms with Crippen molar-refractivity contribution < 1.29 is 8.42 Å². The first-order valence-electron chi connectivity index (χ1n) is 5.23. The molecule has 2 aromatic carbocycles. The van der Waals surface area contributed by atoms with Crippen LogP contribution in [0, 0.1) is 0 Å². The Kier molecular flexibility index (Phi) is 4.05. The van der Waals surface area contributed by atoms with E-state index in [0.717, 1.165) is 4.90 Å². The van der Waals surface area contributed by atoms with Crippen molar-refractivity contribution in [2.75, 3.05) is 5.73 Å². The minimum Gasteiger partial charge on any atom is -0.397 e. The predicted molar refractivity (Wildman–Crippen MR) is 77.8 cm³/mol. The number of rotatable bonds is 3. The number of primary sulfonamides is 1. The van der Waals surface area contributed by atoms with Crippen LogP contribution in [0.15, 0.2) is 57.2 Å². The molecular formula is C12H11ClN2O2S2. The zero-order valence-corrected chi connectivity index (χ0v) is 12.1. The smallest absolute Gasteiger partial charge is 0.240 e. The lowest BCUT2D eigenvalue weighted by Gasteiger charge is -2.09. The zero-order chi connectivity index (χ0) is 14.0. The van der Waals surface area contributed by atoms with Gasteiger partial charge < -0.3 is 5.73 Å². The van der Waals surface area contributed by atoms with E-state index in [1.165, 1.54) is 17.8 Å². The molecule has 0 aliphatic carbocycles. The summed E-state index contributed by atoms with van der Waals surface area (Å²) in [5, 5.41) is 5.68. The van der Waals surface area contributed by atoms with Crippen LogP contribution < -0.4 is 10.9 Å². The molecule has 2 aromatic rings. The summed E-state index contributed by atoms with van der Waals surface area (Å²) in [4.78, 5) is 1.31. The second kappa shape index (κ2) is 5.42. The van der Waals surface area contributed by atoms with Crippen LogP contribution in [0.1, 0.15) is 0 Å². The minimum atomic E-state index is -3.83. The van der Waals surface area contributed by atoms with Gasteiger partial charge in [-0.3, -0.25) is 0 Å². The second-order valence-corrected chi connectivity index (χ2v) is 6.77. The maximum Gasteiger partial charge on any atom is 0.240 e. The van der Waals surface area contributed by atoms with Gasteiger partial charge in [-0.1, -0.05) is 41.6 Å². The Hall–Kier alpha value is -1.21. The summed E-state index contributed by atoms with van der Waals surface area (Å²) in [6.45, 7) is 0. The molecule has 2 rings (SSSR count). The largest absolute Gasteiger partial charge is 0.397 e. The van der Waals surface area contributed by atoms with Crippen LogP contribution in [0.5, 0.6) is 0 Å². The van der Waals surface area contributed by atoms with Crippen molar-refractivity contribution >= 4 is 39.1 Å². The number of para-hydroxylation sites is 1. The molecule has 0 unspecified atom stereocenters. The third-order valence-corrected chi connectivity index (χ3v) is 4.95. The Morgan fingerprint density at radius 1 is 1.00 bits per heavy atom. The lowest BCUT2D eigenvalue weighted by molar-refractivity contribution is 0.598. The van der Waals surface area contributed by atoms with E-state index in [1.807, 2.05) is 18.2 Å². The molecule has 0 spiro atoms. The van der Waals surface area contributed by atoms with Gasteiger partial charge in [0.2, 0.25) is 10.0 Å². The summed E-state index contributed by atoms with van der Waals surface area (Å²) in [5.41, 5.74) is 5.98. The van der Waals surface area contributed by atoms with Crippen molar-refractivity contribution in [1.29, 1.82) is 0 Å². The monoisotopic (exact) mass is 314 g/mol. The molecule has 19 heavy (non-hydrogen) atoms. The number of benzene rings is 2. The summed E-state index contributed by atoms with van der Waals surface area (Å²) in [6, 6.07) is 11.9. The van der Waals surface area contributed by atoms with Crippen LogP contribution in [0.4, 0.5) is 5.69 Å². The first kappa shape index (κ1) is 14.2. The number of hydrogen-bond donors (Lipinski definition) is 2. The van der Waals surface area contributed by atoms with E-state index in [2.05, 4.69) is 0 Å². The maximum atomic E-state index is 11.4. The molecular weight excluding hydrogens is 304 g/mol. The summed E-state index contributed by atoms with van der Waals surface area (Å²) in [7, 11) is -3.83. The van der Waals surface area contributed by atoms with Crippen molar-refractivity contribution in [2.24, 2.45) is 5.14 Å². The lowest BCUT2D eigenvalue weighted by Crippen LogP contribution is -2.14. The average molecular weight is 315 g/mol. The molecule has 0 aliphatic heterocycles. The van der Waals surface area contributed by atoms with Crippen molar-refractivity contribution in [2.45, 2.75) is 14.7 Å². The fourth-order valence-electron chi connectivity index (χ4n) is 1.51. The first-order valence-corrected chi connectivity index (χ1v) is 7.97. The standard InChI is InChI=1S/C12H11ClN2O2S2/c13-8-4-1-2-5-9(8)18-10-6-3-7-11(12(10)14)19(15,16)17/h1-7H,14H2,(H2,15,16,17). The average Bonchev–Trinajstić information content (AvgIpc) is 2.33. The Morgan fingerprint density at radius 2 is 1.63 bits per heavy atom. The number of nitrogens with two attached hydrogens (primary N) is 2. The van der Waals surface area contributed by atoms with Gasteiger partial charge in [-0.2, -0.15) is 0 Å². The van der Waals surface area contributed by atoms with Crippen molar-refractivity contribution in [3.63, 3.8) is 0 Å². The third kappa shape index (κ3) is 3.22. The molecule has 0 saturated carbocycles. The Balaban J connectivity index is 2.46. The van der Waals surface area contributed by atoms with E-state index < -0.39 is 10.0 Å². The van der Waals surface area contributed by atoms with Crippen molar-refractivity contribution in [3.05, 3.63) is 47.5 Å². The van der Waals surface area contributed by atoms with Gasteiger partial charge in [0.25, 0.3) is 0 Å². The van der Waals surface area contributed by atoms with Crippen LogP contribution >= 0.6 is 23.4 Å². The fourth-order valence-corrected chi connectivity index (χ4v) is 3.42. The van der Waals surface area contributed by atoms with Gasteiger partial charge in [-0.25, -0.2) is 13.6 Å². The summed E-state index contributed by atoms with van der Waals surface area (Å²) >= 11 is 7.35.